The normalized spacial score (nSPS) is 11.1. The van der Waals surface area contributed by atoms with Crippen molar-refractivity contribution < 1.29 is 5.11 Å². The molecule has 1 aromatic heterocycles. The first-order chi connectivity index (χ1) is 9.06. The summed E-state index contributed by atoms with van der Waals surface area (Å²) in [5, 5.41) is 11.9. The monoisotopic (exact) mass is 287 g/mol. The third-order valence-electron chi connectivity index (χ3n) is 2.99. The van der Waals surface area contributed by atoms with E-state index < -0.39 is 0 Å². The summed E-state index contributed by atoms with van der Waals surface area (Å²) >= 11 is 12.3. The standard InChI is InChI=1S/C14H8BCl2NO/c15-7-1-3-9(12(19)5-7)14-13(17)10-6-8(16)2-4-11(10)18-14/h1-6,18-19H. The van der Waals surface area contributed by atoms with Crippen molar-refractivity contribution in [1.29, 1.82) is 0 Å². The number of hydrogen-bond donors (Lipinski definition) is 2. The van der Waals surface area contributed by atoms with Gasteiger partial charge in [0, 0.05) is 21.5 Å². The van der Waals surface area contributed by atoms with Crippen LogP contribution in [0.15, 0.2) is 36.4 Å². The van der Waals surface area contributed by atoms with Gasteiger partial charge in [0.1, 0.15) is 13.6 Å². The van der Waals surface area contributed by atoms with E-state index in [0.29, 0.717) is 26.8 Å². The zero-order valence-electron chi connectivity index (χ0n) is 9.74. The summed E-state index contributed by atoms with van der Waals surface area (Å²) in [7, 11) is 5.62. The number of halogens is 2. The minimum absolute atomic E-state index is 0.0829. The smallest absolute Gasteiger partial charge is 0.124 e. The maximum absolute atomic E-state index is 9.96. The van der Waals surface area contributed by atoms with E-state index in [4.69, 9.17) is 31.0 Å². The number of rotatable bonds is 1. The SMILES string of the molecule is [B]c1ccc(-c2[nH]c3ccc(Cl)cc3c2Cl)c(O)c1. The number of hydrogen-bond acceptors (Lipinski definition) is 1. The molecular formula is C14H8BCl2NO. The molecule has 92 valence electrons. The Balaban J connectivity index is 2.28. The van der Waals surface area contributed by atoms with Crippen LogP contribution in [0.2, 0.25) is 10.0 Å². The highest BCUT2D eigenvalue weighted by molar-refractivity contribution is 6.39. The van der Waals surface area contributed by atoms with E-state index in [-0.39, 0.29) is 5.75 Å². The Morgan fingerprint density at radius 3 is 2.58 bits per heavy atom. The van der Waals surface area contributed by atoms with Gasteiger partial charge in [-0.15, -0.1) is 0 Å². The number of fused-ring (bicyclic) bond motifs is 1. The first-order valence-electron chi connectivity index (χ1n) is 5.62. The molecule has 2 N–H and O–H groups in total. The molecular weight excluding hydrogens is 280 g/mol. The Hall–Kier alpha value is -1.58. The maximum atomic E-state index is 9.96. The van der Waals surface area contributed by atoms with E-state index >= 15 is 0 Å². The van der Waals surface area contributed by atoms with Gasteiger partial charge in [0.2, 0.25) is 0 Å². The van der Waals surface area contributed by atoms with Crippen LogP contribution in [-0.4, -0.2) is 17.9 Å². The number of phenols is 1. The second-order valence-corrected chi connectivity index (χ2v) is 5.09. The second-order valence-electron chi connectivity index (χ2n) is 4.28. The fraction of sp³-hybridized carbons (Fsp3) is 0. The predicted octanol–water partition coefficient (Wildman–Crippen LogP) is 3.64. The van der Waals surface area contributed by atoms with Crippen LogP contribution >= 0.6 is 23.2 Å². The Morgan fingerprint density at radius 2 is 1.84 bits per heavy atom. The summed E-state index contributed by atoms with van der Waals surface area (Å²) in [5.74, 6) is 0.0829. The Morgan fingerprint density at radius 1 is 1.05 bits per heavy atom. The average molecular weight is 288 g/mol. The molecule has 2 aromatic carbocycles. The number of phenolic OH excluding ortho intramolecular Hbond substituents is 1. The van der Waals surface area contributed by atoms with Gasteiger partial charge >= 0.3 is 0 Å². The number of aromatic amines is 1. The highest BCUT2D eigenvalue weighted by Gasteiger charge is 2.14. The van der Waals surface area contributed by atoms with Gasteiger partial charge in [-0.2, -0.15) is 0 Å². The molecule has 19 heavy (non-hydrogen) atoms. The quantitative estimate of drug-likeness (QED) is 0.659. The van der Waals surface area contributed by atoms with E-state index in [1.807, 2.05) is 6.07 Å². The molecule has 0 saturated heterocycles. The van der Waals surface area contributed by atoms with Gasteiger partial charge in [-0.05, 0) is 30.3 Å². The second kappa shape index (κ2) is 4.51. The van der Waals surface area contributed by atoms with Crippen LogP contribution in [0, 0.1) is 0 Å². The van der Waals surface area contributed by atoms with Gasteiger partial charge < -0.3 is 10.1 Å². The lowest BCUT2D eigenvalue weighted by molar-refractivity contribution is 0.477. The molecule has 0 unspecified atom stereocenters. The average Bonchev–Trinajstić information content (AvgIpc) is 2.67. The summed E-state index contributed by atoms with van der Waals surface area (Å²) in [4.78, 5) is 3.18. The lowest BCUT2D eigenvalue weighted by Crippen LogP contribution is -2.00. The van der Waals surface area contributed by atoms with Crippen molar-refractivity contribution in [2.24, 2.45) is 0 Å². The summed E-state index contributed by atoms with van der Waals surface area (Å²) < 4.78 is 0. The van der Waals surface area contributed by atoms with Gasteiger partial charge in [-0.1, -0.05) is 34.7 Å². The van der Waals surface area contributed by atoms with Crippen LogP contribution < -0.4 is 5.46 Å². The molecule has 5 heteroatoms. The van der Waals surface area contributed by atoms with E-state index in [9.17, 15) is 5.11 Å². The summed E-state index contributed by atoms with van der Waals surface area (Å²) in [6.45, 7) is 0. The lowest BCUT2D eigenvalue weighted by Gasteiger charge is -2.04. The van der Waals surface area contributed by atoms with E-state index in [1.165, 1.54) is 6.07 Å². The van der Waals surface area contributed by atoms with Crippen LogP contribution in [0.3, 0.4) is 0 Å². The molecule has 0 aliphatic carbocycles. The fourth-order valence-electron chi connectivity index (χ4n) is 2.08. The molecule has 0 fully saturated rings. The minimum atomic E-state index is 0.0829. The number of nitrogens with one attached hydrogen (secondary N) is 1. The van der Waals surface area contributed by atoms with E-state index in [0.717, 1.165) is 10.9 Å². The number of benzene rings is 2. The highest BCUT2D eigenvalue weighted by atomic mass is 35.5. The lowest BCUT2D eigenvalue weighted by atomic mass is 9.94. The first kappa shape index (κ1) is 12.5. The molecule has 1 heterocycles. The molecule has 0 bridgehead atoms. The Kier molecular flexibility index (Phi) is 2.96. The number of aromatic nitrogens is 1. The minimum Gasteiger partial charge on any atom is -0.507 e. The third-order valence-corrected chi connectivity index (χ3v) is 3.62. The molecule has 3 aromatic rings. The third kappa shape index (κ3) is 2.09. The molecule has 0 aliphatic rings. The molecule has 0 amide bonds. The van der Waals surface area contributed by atoms with Crippen molar-refractivity contribution in [3.8, 4) is 17.0 Å². The van der Waals surface area contributed by atoms with Crippen molar-refractivity contribution in [2.45, 2.75) is 0 Å². The van der Waals surface area contributed by atoms with Gasteiger partial charge in [-0.25, -0.2) is 0 Å². The van der Waals surface area contributed by atoms with E-state index in [2.05, 4.69) is 4.98 Å². The van der Waals surface area contributed by atoms with Gasteiger partial charge in [0.25, 0.3) is 0 Å². The highest BCUT2D eigenvalue weighted by Crippen LogP contribution is 2.38. The molecule has 2 radical (unpaired) electrons. The topological polar surface area (TPSA) is 36.0 Å². The largest absolute Gasteiger partial charge is 0.507 e. The molecule has 0 atom stereocenters. The number of aromatic hydroxyl groups is 1. The molecule has 0 spiro atoms. The van der Waals surface area contributed by atoms with Crippen LogP contribution in [0.25, 0.3) is 22.2 Å². The fourth-order valence-corrected chi connectivity index (χ4v) is 2.55. The first-order valence-corrected chi connectivity index (χ1v) is 6.37. The van der Waals surface area contributed by atoms with Crippen LogP contribution in [0.1, 0.15) is 0 Å². The van der Waals surface area contributed by atoms with Gasteiger partial charge in [0.05, 0.1) is 10.7 Å². The van der Waals surface area contributed by atoms with Crippen molar-refractivity contribution in [1.82, 2.24) is 4.98 Å². The van der Waals surface area contributed by atoms with E-state index in [1.54, 1.807) is 24.3 Å². The molecule has 0 aliphatic heterocycles. The molecule has 3 rings (SSSR count). The maximum Gasteiger partial charge on any atom is 0.124 e. The van der Waals surface area contributed by atoms with Crippen molar-refractivity contribution in [3.63, 3.8) is 0 Å². The van der Waals surface area contributed by atoms with Crippen LogP contribution in [0.4, 0.5) is 0 Å². The Labute approximate surface area is 121 Å². The van der Waals surface area contributed by atoms with Crippen LogP contribution in [-0.2, 0) is 0 Å². The zero-order valence-corrected chi connectivity index (χ0v) is 11.3. The molecule has 0 saturated carbocycles. The number of H-pyrrole nitrogens is 1. The predicted molar refractivity (Wildman–Crippen MR) is 80.8 cm³/mol. The summed E-state index contributed by atoms with van der Waals surface area (Å²) in [6, 6.07) is 10.3. The van der Waals surface area contributed by atoms with Gasteiger partial charge in [-0.3, -0.25) is 0 Å². The molecule has 2 nitrogen and oxygen atoms in total. The van der Waals surface area contributed by atoms with Crippen molar-refractivity contribution >= 4 is 47.4 Å². The summed E-state index contributed by atoms with van der Waals surface area (Å²) in [5.41, 5.74) is 2.61. The summed E-state index contributed by atoms with van der Waals surface area (Å²) in [6.07, 6.45) is 0. The Bertz CT molecular complexity index is 782. The van der Waals surface area contributed by atoms with Gasteiger partial charge in [0.15, 0.2) is 0 Å². The van der Waals surface area contributed by atoms with Crippen molar-refractivity contribution in [3.05, 3.63) is 46.4 Å². The van der Waals surface area contributed by atoms with Crippen molar-refractivity contribution in [2.75, 3.05) is 0 Å². The van der Waals surface area contributed by atoms with Crippen LogP contribution in [0.5, 0.6) is 5.75 Å². The zero-order chi connectivity index (χ0) is 13.6.